The van der Waals surface area contributed by atoms with E-state index in [0.717, 1.165) is 31.9 Å². The van der Waals surface area contributed by atoms with Crippen molar-refractivity contribution in [3.8, 4) is 5.75 Å². The van der Waals surface area contributed by atoms with Crippen LogP contribution in [0.4, 0.5) is 5.69 Å². The van der Waals surface area contributed by atoms with Gasteiger partial charge in [-0.25, -0.2) is 0 Å². The second-order valence-corrected chi connectivity index (χ2v) is 4.43. The number of carbonyl (C=O) groups is 1. The predicted molar refractivity (Wildman–Crippen MR) is 70.8 cm³/mol. The van der Waals surface area contributed by atoms with E-state index in [-0.39, 0.29) is 5.91 Å². The fourth-order valence-electron chi connectivity index (χ4n) is 2.16. The molecule has 1 aliphatic heterocycles. The molecule has 1 aliphatic rings. The lowest BCUT2D eigenvalue weighted by Gasteiger charge is -2.35. The largest absolute Gasteiger partial charge is 0.506 e. The number of benzene rings is 1. The molecule has 0 unspecified atom stereocenters. The van der Waals surface area contributed by atoms with Crippen LogP contribution in [0.3, 0.4) is 0 Å². The first-order valence-corrected chi connectivity index (χ1v) is 6.16. The Balaban J connectivity index is 1.91. The van der Waals surface area contributed by atoms with Crippen molar-refractivity contribution in [2.75, 3.05) is 44.7 Å². The van der Waals surface area contributed by atoms with Gasteiger partial charge in [-0.2, -0.15) is 0 Å². The number of aromatic hydroxyl groups is 1. The molecule has 1 fully saturated rings. The van der Waals surface area contributed by atoms with Gasteiger partial charge in [0.25, 0.3) is 0 Å². The number of likely N-dealkylation sites (N-methyl/N-ethyl adjacent to an activating group) is 1. The van der Waals surface area contributed by atoms with E-state index in [4.69, 9.17) is 0 Å². The van der Waals surface area contributed by atoms with Crippen LogP contribution in [0.15, 0.2) is 24.3 Å². The number of nitrogens with one attached hydrogen (secondary N) is 1. The first-order chi connectivity index (χ1) is 8.70. The van der Waals surface area contributed by atoms with Crippen molar-refractivity contribution in [2.24, 2.45) is 0 Å². The van der Waals surface area contributed by atoms with E-state index < -0.39 is 0 Å². The highest BCUT2D eigenvalue weighted by Crippen LogP contribution is 2.26. The second kappa shape index (κ2) is 5.73. The zero-order valence-electron chi connectivity index (χ0n) is 10.6. The maximum absolute atomic E-state index is 11.3. The van der Waals surface area contributed by atoms with E-state index >= 15 is 0 Å². The van der Waals surface area contributed by atoms with E-state index in [0.29, 0.717) is 12.3 Å². The molecule has 98 valence electrons. The van der Waals surface area contributed by atoms with Gasteiger partial charge in [-0.05, 0) is 12.1 Å². The number of piperazine rings is 1. The summed E-state index contributed by atoms with van der Waals surface area (Å²) in [5, 5.41) is 12.4. The van der Waals surface area contributed by atoms with Gasteiger partial charge in [0.2, 0.25) is 5.91 Å². The Morgan fingerprint density at radius 3 is 2.56 bits per heavy atom. The molecule has 1 aromatic rings. The molecule has 0 spiro atoms. The van der Waals surface area contributed by atoms with E-state index in [1.165, 1.54) is 0 Å². The van der Waals surface area contributed by atoms with Crippen LogP contribution in [0, 0.1) is 0 Å². The van der Waals surface area contributed by atoms with E-state index in [9.17, 15) is 9.90 Å². The van der Waals surface area contributed by atoms with Gasteiger partial charge in [0, 0.05) is 33.2 Å². The normalized spacial score (nSPS) is 16.6. The fourth-order valence-corrected chi connectivity index (χ4v) is 2.16. The zero-order chi connectivity index (χ0) is 13.0. The number of rotatable bonds is 3. The number of phenols is 1. The monoisotopic (exact) mass is 249 g/mol. The SMILES string of the molecule is CNC(=O)CN1CCN(c2ccccc2O)CC1. The van der Waals surface area contributed by atoms with Gasteiger partial charge in [-0.1, -0.05) is 12.1 Å². The standard InChI is InChI=1S/C13H19N3O2/c1-14-13(18)10-15-6-8-16(9-7-15)11-4-2-3-5-12(11)17/h2-5,17H,6-10H2,1H3,(H,14,18). The summed E-state index contributed by atoms with van der Waals surface area (Å²) in [7, 11) is 1.65. The summed E-state index contributed by atoms with van der Waals surface area (Å²) in [6, 6.07) is 7.36. The predicted octanol–water partition coefficient (Wildman–Crippen LogP) is 0.260. The van der Waals surface area contributed by atoms with E-state index in [2.05, 4.69) is 15.1 Å². The van der Waals surface area contributed by atoms with Gasteiger partial charge in [-0.3, -0.25) is 9.69 Å². The van der Waals surface area contributed by atoms with Gasteiger partial charge in [0.15, 0.2) is 0 Å². The summed E-state index contributed by atoms with van der Waals surface area (Å²) in [4.78, 5) is 15.5. The molecule has 0 bridgehead atoms. The number of para-hydroxylation sites is 2. The van der Waals surface area contributed by atoms with Crippen LogP contribution in [0.2, 0.25) is 0 Å². The minimum absolute atomic E-state index is 0.0472. The third-order valence-corrected chi connectivity index (χ3v) is 3.24. The number of anilines is 1. The van der Waals surface area contributed by atoms with E-state index in [1.54, 1.807) is 13.1 Å². The number of hydrogen-bond acceptors (Lipinski definition) is 4. The highest BCUT2D eigenvalue weighted by Gasteiger charge is 2.20. The van der Waals surface area contributed by atoms with Crippen molar-refractivity contribution in [1.82, 2.24) is 10.2 Å². The lowest BCUT2D eigenvalue weighted by atomic mass is 10.2. The van der Waals surface area contributed by atoms with Crippen LogP contribution in [-0.2, 0) is 4.79 Å². The number of carbonyl (C=O) groups excluding carboxylic acids is 1. The Hall–Kier alpha value is -1.75. The molecule has 0 aliphatic carbocycles. The average Bonchev–Trinajstić information content (AvgIpc) is 2.40. The molecule has 2 N–H and O–H groups in total. The number of hydrogen-bond donors (Lipinski definition) is 2. The molecule has 5 nitrogen and oxygen atoms in total. The van der Waals surface area contributed by atoms with Crippen molar-refractivity contribution >= 4 is 11.6 Å². The summed E-state index contributed by atoms with van der Waals surface area (Å²) < 4.78 is 0. The summed E-state index contributed by atoms with van der Waals surface area (Å²) >= 11 is 0. The molecule has 0 atom stereocenters. The molecule has 1 amide bonds. The lowest BCUT2D eigenvalue weighted by molar-refractivity contribution is -0.121. The van der Waals surface area contributed by atoms with Gasteiger partial charge in [0.1, 0.15) is 5.75 Å². The number of amides is 1. The average molecular weight is 249 g/mol. The summed E-state index contributed by atoms with van der Waals surface area (Å²) in [5.74, 6) is 0.364. The molecule has 1 saturated heterocycles. The van der Waals surface area contributed by atoms with Gasteiger partial charge >= 0.3 is 0 Å². The van der Waals surface area contributed by atoms with Crippen molar-refractivity contribution in [1.29, 1.82) is 0 Å². The molecule has 5 heteroatoms. The van der Waals surface area contributed by atoms with Crippen LogP contribution in [0.1, 0.15) is 0 Å². The molecule has 0 saturated carbocycles. The molecule has 18 heavy (non-hydrogen) atoms. The summed E-state index contributed by atoms with van der Waals surface area (Å²) in [6.45, 7) is 3.78. The van der Waals surface area contributed by atoms with Crippen LogP contribution in [0.5, 0.6) is 5.75 Å². The van der Waals surface area contributed by atoms with Crippen molar-refractivity contribution in [2.45, 2.75) is 0 Å². The Kier molecular flexibility index (Phi) is 4.04. The van der Waals surface area contributed by atoms with Crippen LogP contribution in [0.25, 0.3) is 0 Å². The first kappa shape index (κ1) is 12.7. The Morgan fingerprint density at radius 1 is 1.28 bits per heavy atom. The van der Waals surface area contributed by atoms with Crippen LogP contribution in [-0.4, -0.2) is 55.7 Å². The smallest absolute Gasteiger partial charge is 0.233 e. The van der Waals surface area contributed by atoms with Crippen LogP contribution < -0.4 is 10.2 Å². The van der Waals surface area contributed by atoms with Crippen LogP contribution >= 0.6 is 0 Å². The zero-order valence-corrected chi connectivity index (χ0v) is 10.6. The highest BCUT2D eigenvalue weighted by molar-refractivity contribution is 5.77. The highest BCUT2D eigenvalue weighted by atomic mass is 16.3. The van der Waals surface area contributed by atoms with Gasteiger partial charge in [-0.15, -0.1) is 0 Å². The van der Waals surface area contributed by atoms with Crippen molar-refractivity contribution in [3.05, 3.63) is 24.3 Å². The fraction of sp³-hybridized carbons (Fsp3) is 0.462. The molecule has 1 heterocycles. The van der Waals surface area contributed by atoms with Gasteiger partial charge in [0.05, 0.1) is 12.2 Å². The third kappa shape index (κ3) is 2.92. The molecule has 0 radical (unpaired) electrons. The summed E-state index contributed by atoms with van der Waals surface area (Å²) in [5.41, 5.74) is 0.872. The Bertz CT molecular complexity index is 414. The topological polar surface area (TPSA) is 55.8 Å². The molecule has 2 rings (SSSR count). The quantitative estimate of drug-likeness (QED) is 0.807. The molecular formula is C13H19N3O2. The maximum Gasteiger partial charge on any atom is 0.233 e. The minimum Gasteiger partial charge on any atom is -0.506 e. The molecule has 0 aromatic heterocycles. The van der Waals surface area contributed by atoms with Crippen molar-refractivity contribution < 1.29 is 9.90 Å². The lowest BCUT2D eigenvalue weighted by Crippen LogP contribution is -2.49. The summed E-state index contributed by atoms with van der Waals surface area (Å²) in [6.07, 6.45) is 0. The maximum atomic E-state index is 11.3. The third-order valence-electron chi connectivity index (χ3n) is 3.24. The first-order valence-electron chi connectivity index (χ1n) is 6.16. The number of nitrogens with zero attached hydrogens (tertiary/aromatic N) is 2. The number of phenolic OH excluding ortho intramolecular Hbond substituents is 1. The minimum atomic E-state index is 0.0472. The van der Waals surface area contributed by atoms with Crippen molar-refractivity contribution in [3.63, 3.8) is 0 Å². The van der Waals surface area contributed by atoms with E-state index in [1.807, 2.05) is 18.2 Å². The second-order valence-electron chi connectivity index (χ2n) is 4.43. The molecular weight excluding hydrogens is 230 g/mol. The Morgan fingerprint density at radius 2 is 1.94 bits per heavy atom. The van der Waals surface area contributed by atoms with Gasteiger partial charge < -0.3 is 15.3 Å². The Labute approximate surface area is 107 Å². The molecule has 1 aromatic carbocycles.